The summed E-state index contributed by atoms with van der Waals surface area (Å²) < 4.78 is 0. The van der Waals surface area contributed by atoms with Crippen molar-refractivity contribution in [3.8, 4) is 6.07 Å². The second kappa shape index (κ2) is 4.68. The summed E-state index contributed by atoms with van der Waals surface area (Å²) in [6, 6.07) is 2.19. The highest BCUT2D eigenvalue weighted by molar-refractivity contribution is 5.57. The van der Waals surface area contributed by atoms with Gasteiger partial charge in [0.1, 0.15) is 11.6 Å². The maximum atomic E-state index is 9.66. The summed E-state index contributed by atoms with van der Waals surface area (Å²) in [5.74, 6) is 0.606. The first kappa shape index (κ1) is 11.8. The molecule has 1 aliphatic rings. The number of piperidine rings is 1. The van der Waals surface area contributed by atoms with E-state index in [2.05, 4.69) is 16.3 Å². The summed E-state index contributed by atoms with van der Waals surface area (Å²) in [5, 5.41) is 27.0. The minimum Gasteiger partial charge on any atom is -0.391 e. The zero-order chi connectivity index (χ0) is 12.4. The normalized spacial score (nSPS) is 20.1. The number of β-amino-alcohol motifs (C(OH)–C–C–N with tert-alkyl or cyclic N) is 1. The van der Waals surface area contributed by atoms with Crippen LogP contribution in [0.2, 0.25) is 0 Å². The molecule has 1 aliphatic heterocycles. The Hall–Kier alpha value is -1.67. The van der Waals surface area contributed by atoms with Gasteiger partial charge in [-0.1, -0.05) is 0 Å². The Morgan fingerprint density at radius 3 is 2.82 bits per heavy atom. The van der Waals surface area contributed by atoms with Crippen molar-refractivity contribution in [3.05, 3.63) is 16.8 Å². The predicted molar refractivity (Wildman–Crippen MR) is 63.7 cm³/mol. The average Bonchev–Trinajstić information content (AvgIpc) is 2.32. The molecule has 5 heteroatoms. The molecule has 2 rings (SSSR count). The van der Waals surface area contributed by atoms with Crippen LogP contribution in [0.1, 0.15) is 29.7 Å². The predicted octanol–water partition coefficient (Wildman–Crippen LogP) is 0.926. The van der Waals surface area contributed by atoms with Crippen LogP contribution in [0.15, 0.2) is 0 Å². The van der Waals surface area contributed by atoms with Gasteiger partial charge in [-0.2, -0.15) is 10.4 Å². The maximum absolute atomic E-state index is 9.66. The third kappa shape index (κ3) is 2.22. The van der Waals surface area contributed by atoms with Gasteiger partial charge in [-0.15, -0.1) is 5.10 Å². The van der Waals surface area contributed by atoms with E-state index in [1.807, 2.05) is 18.7 Å². The van der Waals surface area contributed by atoms with Crippen molar-refractivity contribution in [1.29, 1.82) is 5.26 Å². The van der Waals surface area contributed by atoms with E-state index < -0.39 is 0 Å². The lowest BCUT2D eigenvalue weighted by Gasteiger charge is -2.31. The van der Waals surface area contributed by atoms with Crippen molar-refractivity contribution in [3.63, 3.8) is 0 Å². The van der Waals surface area contributed by atoms with E-state index in [-0.39, 0.29) is 6.10 Å². The van der Waals surface area contributed by atoms with E-state index in [9.17, 15) is 10.4 Å². The first-order chi connectivity index (χ1) is 8.13. The zero-order valence-electron chi connectivity index (χ0n) is 10.1. The zero-order valence-corrected chi connectivity index (χ0v) is 10.1. The van der Waals surface area contributed by atoms with E-state index >= 15 is 0 Å². The highest BCUT2D eigenvalue weighted by Gasteiger charge is 2.23. The van der Waals surface area contributed by atoms with Gasteiger partial charge in [-0.25, -0.2) is 0 Å². The maximum Gasteiger partial charge on any atom is 0.169 e. The van der Waals surface area contributed by atoms with Crippen LogP contribution in [0.3, 0.4) is 0 Å². The Morgan fingerprint density at radius 1 is 1.41 bits per heavy atom. The first-order valence-electron chi connectivity index (χ1n) is 5.80. The molecule has 17 heavy (non-hydrogen) atoms. The molecule has 0 bridgehead atoms. The fraction of sp³-hybridized carbons (Fsp3) is 0.583. The summed E-state index contributed by atoms with van der Waals surface area (Å²) in [6.07, 6.45) is 1.40. The van der Waals surface area contributed by atoms with Gasteiger partial charge in [0.2, 0.25) is 0 Å². The molecular weight excluding hydrogens is 216 g/mol. The Labute approximate surface area is 101 Å². The van der Waals surface area contributed by atoms with Crippen LogP contribution < -0.4 is 4.90 Å². The van der Waals surface area contributed by atoms with Crippen molar-refractivity contribution >= 4 is 5.82 Å². The number of hydrogen-bond acceptors (Lipinski definition) is 5. The molecule has 0 spiro atoms. The van der Waals surface area contributed by atoms with Gasteiger partial charge in [0.05, 0.1) is 11.8 Å². The molecule has 90 valence electrons. The number of hydrogen-bond donors (Lipinski definition) is 1. The second-order valence-electron chi connectivity index (χ2n) is 4.46. The van der Waals surface area contributed by atoms with Crippen LogP contribution in [-0.4, -0.2) is 34.5 Å². The van der Waals surface area contributed by atoms with Crippen LogP contribution in [0.5, 0.6) is 0 Å². The summed E-state index contributed by atoms with van der Waals surface area (Å²) >= 11 is 0. The highest BCUT2D eigenvalue weighted by Crippen LogP contribution is 2.24. The molecule has 0 saturated carbocycles. The fourth-order valence-corrected chi connectivity index (χ4v) is 2.10. The molecule has 1 aromatic rings. The molecule has 1 saturated heterocycles. The number of aliphatic hydroxyl groups excluding tert-OH is 1. The van der Waals surface area contributed by atoms with Gasteiger partial charge in [-0.3, -0.25) is 0 Å². The van der Waals surface area contributed by atoms with Gasteiger partial charge in [-0.05, 0) is 32.3 Å². The molecule has 1 atom stereocenters. The van der Waals surface area contributed by atoms with Crippen LogP contribution in [0.25, 0.3) is 0 Å². The van der Waals surface area contributed by atoms with E-state index in [1.165, 1.54) is 0 Å². The van der Waals surface area contributed by atoms with Crippen LogP contribution in [-0.2, 0) is 0 Å². The van der Waals surface area contributed by atoms with Crippen LogP contribution in [0, 0.1) is 25.2 Å². The Kier molecular flexibility index (Phi) is 3.25. The van der Waals surface area contributed by atoms with Gasteiger partial charge >= 0.3 is 0 Å². The molecule has 0 radical (unpaired) electrons. The Balaban J connectivity index is 2.38. The lowest BCUT2D eigenvalue weighted by atomic mass is 10.1. The molecule has 0 aromatic carbocycles. The lowest BCUT2D eigenvalue weighted by Crippen LogP contribution is -2.39. The highest BCUT2D eigenvalue weighted by atomic mass is 16.3. The third-order valence-electron chi connectivity index (χ3n) is 3.24. The fourth-order valence-electron chi connectivity index (χ4n) is 2.10. The Bertz CT molecular complexity index is 466. The number of aromatic nitrogens is 2. The molecule has 0 aliphatic carbocycles. The molecule has 5 nitrogen and oxygen atoms in total. The number of aryl methyl sites for hydroxylation is 1. The summed E-state index contributed by atoms with van der Waals surface area (Å²) in [4.78, 5) is 1.95. The molecule has 0 amide bonds. The van der Waals surface area contributed by atoms with E-state index in [0.717, 1.165) is 30.6 Å². The van der Waals surface area contributed by atoms with E-state index in [0.29, 0.717) is 17.9 Å². The van der Waals surface area contributed by atoms with Crippen molar-refractivity contribution in [2.24, 2.45) is 0 Å². The van der Waals surface area contributed by atoms with Gasteiger partial charge in [0, 0.05) is 13.1 Å². The van der Waals surface area contributed by atoms with Crippen molar-refractivity contribution in [1.82, 2.24) is 10.2 Å². The number of anilines is 1. The number of rotatable bonds is 1. The van der Waals surface area contributed by atoms with Gasteiger partial charge < -0.3 is 10.0 Å². The van der Waals surface area contributed by atoms with Crippen LogP contribution >= 0.6 is 0 Å². The van der Waals surface area contributed by atoms with Crippen molar-refractivity contribution in [2.45, 2.75) is 32.8 Å². The standard InChI is InChI=1S/C12H16N4O/c1-8-9(2)14-15-12(11(8)6-13)16-5-3-4-10(17)7-16/h10,17H,3-5,7H2,1-2H3/t10-/m0/s1. The Morgan fingerprint density at radius 2 is 2.18 bits per heavy atom. The molecule has 1 fully saturated rings. The van der Waals surface area contributed by atoms with Crippen molar-refractivity contribution in [2.75, 3.05) is 18.0 Å². The molecular formula is C12H16N4O. The average molecular weight is 232 g/mol. The monoisotopic (exact) mass is 232 g/mol. The number of nitriles is 1. The lowest BCUT2D eigenvalue weighted by molar-refractivity contribution is 0.153. The smallest absolute Gasteiger partial charge is 0.169 e. The minimum atomic E-state index is -0.335. The van der Waals surface area contributed by atoms with Crippen LogP contribution in [0.4, 0.5) is 5.82 Å². The molecule has 1 aromatic heterocycles. The van der Waals surface area contributed by atoms with E-state index in [4.69, 9.17) is 0 Å². The SMILES string of the molecule is Cc1nnc(N2CCC[C@H](O)C2)c(C#N)c1C. The molecule has 1 N–H and O–H groups in total. The quantitative estimate of drug-likeness (QED) is 0.779. The second-order valence-corrected chi connectivity index (χ2v) is 4.46. The number of aliphatic hydroxyl groups is 1. The molecule has 2 heterocycles. The summed E-state index contributed by atoms with van der Waals surface area (Å²) in [5.41, 5.74) is 2.23. The van der Waals surface area contributed by atoms with Gasteiger partial charge in [0.25, 0.3) is 0 Å². The summed E-state index contributed by atoms with van der Waals surface area (Å²) in [6.45, 7) is 5.08. The van der Waals surface area contributed by atoms with Gasteiger partial charge in [0.15, 0.2) is 5.82 Å². The first-order valence-corrected chi connectivity index (χ1v) is 5.80. The van der Waals surface area contributed by atoms with E-state index in [1.54, 1.807) is 0 Å². The molecule has 0 unspecified atom stereocenters. The topological polar surface area (TPSA) is 73.0 Å². The third-order valence-corrected chi connectivity index (χ3v) is 3.24. The summed E-state index contributed by atoms with van der Waals surface area (Å²) in [7, 11) is 0. The number of nitrogens with zero attached hydrogens (tertiary/aromatic N) is 4. The van der Waals surface area contributed by atoms with Crippen molar-refractivity contribution < 1.29 is 5.11 Å². The minimum absolute atomic E-state index is 0.335. The largest absolute Gasteiger partial charge is 0.391 e.